The van der Waals surface area contributed by atoms with E-state index in [1.807, 2.05) is 19.1 Å². The van der Waals surface area contributed by atoms with E-state index in [1.54, 1.807) is 6.07 Å². The van der Waals surface area contributed by atoms with E-state index < -0.39 is 0 Å². The van der Waals surface area contributed by atoms with Gasteiger partial charge in [0.1, 0.15) is 5.82 Å². The largest absolute Gasteiger partial charge is 0.370 e. The molecule has 2 unspecified atom stereocenters. The van der Waals surface area contributed by atoms with Crippen LogP contribution in [0.4, 0.5) is 10.1 Å². The molecule has 112 valence electrons. The van der Waals surface area contributed by atoms with Gasteiger partial charge < -0.3 is 15.1 Å². The molecule has 2 rings (SSSR count). The molecule has 2 atom stereocenters. The lowest BCUT2D eigenvalue weighted by Crippen LogP contribution is -2.32. The van der Waals surface area contributed by atoms with Crippen LogP contribution in [0.25, 0.3) is 0 Å². The highest BCUT2D eigenvalue weighted by Crippen LogP contribution is 2.31. The van der Waals surface area contributed by atoms with E-state index in [9.17, 15) is 4.39 Å². The Balaban J connectivity index is 2.26. The van der Waals surface area contributed by atoms with Crippen LogP contribution in [0.15, 0.2) is 18.2 Å². The van der Waals surface area contributed by atoms with Crippen molar-refractivity contribution in [2.75, 3.05) is 38.6 Å². The highest BCUT2D eigenvalue weighted by atomic mass is 19.1. The number of halogens is 1. The molecular weight excluding hydrogens is 253 g/mol. The molecule has 1 fully saturated rings. The van der Waals surface area contributed by atoms with Crippen molar-refractivity contribution in [1.29, 1.82) is 0 Å². The van der Waals surface area contributed by atoms with Crippen LogP contribution in [0.5, 0.6) is 0 Å². The summed E-state index contributed by atoms with van der Waals surface area (Å²) in [6.45, 7) is 6.90. The maximum absolute atomic E-state index is 14.3. The summed E-state index contributed by atoms with van der Waals surface area (Å²) in [6.07, 6.45) is 1.14. The first-order valence-corrected chi connectivity index (χ1v) is 7.47. The molecular formula is C16H26FN3. The van der Waals surface area contributed by atoms with Gasteiger partial charge in [-0.15, -0.1) is 0 Å². The highest BCUT2D eigenvalue weighted by Gasteiger charge is 2.27. The van der Waals surface area contributed by atoms with Crippen molar-refractivity contribution in [1.82, 2.24) is 10.2 Å². The monoisotopic (exact) mass is 279 g/mol. The Morgan fingerprint density at radius 2 is 2.20 bits per heavy atom. The Kier molecular flexibility index (Phi) is 5.00. The van der Waals surface area contributed by atoms with Crippen LogP contribution < -0.4 is 10.2 Å². The predicted molar refractivity (Wildman–Crippen MR) is 82.8 cm³/mol. The Hall–Kier alpha value is -1.13. The Morgan fingerprint density at radius 3 is 2.80 bits per heavy atom. The summed E-state index contributed by atoms with van der Waals surface area (Å²) in [5, 5.41) is 3.32. The fourth-order valence-corrected chi connectivity index (χ4v) is 3.02. The SMILES string of the molecule is CCNC(C)c1c(F)cccc1N1CCC(N(C)C)C1. The zero-order valence-corrected chi connectivity index (χ0v) is 13.0. The van der Waals surface area contributed by atoms with Crippen LogP contribution in [-0.2, 0) is 0 Å². The quantitative estimate of drug-likeness (QED) is 0.894. The van der Waals surface area contributed by atoms with Crippen molar-refractivity contribution in [3.63, 3.8) is 0 Å². The number of likely N-dealkylation sites (N-methyl/N-ethyl adjacent to an activating group) is 1. The summed E-state index contributed by atoms with van der Waals surface area (Å²) >= 11 is 0. The highest BCUT2D eigenvalue weighted by molar-refractivity contribution is 5.56. The molecule has 1 N–H and O–H groups in total. The van der Waals surface area contributed by atoms with Crippen LogP contribution in [-0.4, -0.2) is 44.7 Å². The molecule has 3 nitrogen and oxygen atoms in total. The Labute approximate surface area is 121 Å². The second-order valence-corrected chi connectivity index (χ2v) is 5.80. The fourth-order valence-electron chi connectivity index (χ4n) is 3.02. The normalized spacial score (nSPS) is 20.7. The van der Waals surface area contributed by atoms with Crippen molar-refractivity contribution in [3.05, 3.63) is 29.6 Å². The van der Waals surface area contributed by atoms with Crippen molar-refractivity contribution in [2.24, 2.45) is 0 Å². The van der Waals surface area contributed by atoms with Gasteiger partial charge in [0, 0.05) is 36.4 Å². The average molecular weight is 279 g/mol. The molecule has 1 saturated heterocycles. The molecule has 0 aliphatic carbocycles. The Morgan fingerprint density at radius 1 is 1.45 bits per heavy atom. The van der Waals surface area contributed by atoms with E-state index >= 15 is 0 Å². The van der Waals surface area contributed by atoms with Gasteiger partial charge in [0.05, 0.1) is 0 Å². The van der Waals surface area contributed by atoms with E-state index in [-0.39, 0.29) is 11.9 Å². The maximum Gasteiger partial charge on any atom is 0.130 e. The van der Waals surface area contributed by atoms with Gasteiger partial charge >= 0.3 is 0 Å². The molecule has 0 radical (unpaired) electrons. The third kappa shape index (κ3) is 3.13. The van der Waals surface area contributed by atoms with Gasteiger partial charge in [0.25, 0.3) is 0 Å². The van der Waals surface area contributed by atoms with Crippen LogP contribution >= 0.6 is 0 Å². The third-order valence-electron chi connectivity index (χ3n) is 4.21. The summed E-state index contributed by atoms with van der Waals surface area (Å²) in [6, 6.07) is 6.02. The zero-order chi connectivity index (χ0) is 14.7. The van der Waals surface area contributed by atoms with Crippen molar-refractivity contribution in [3.8, 4) is 0 Å². The van der Waals surface area contributed by atoms with Gasteiger partial charge in [-0.25, -0.2) is 4.39 Å². The van der Waals surface area contributed by atoms with E-state index in [4.69, 9.17) is 0 Å². The molecule has 1 heterocycles. The van der Waals surface area contributed by atoms with Crippen molar-refractivity contribution in [2.45, 2.75) is 32.4 Å². The first-order valence-electron chi connectivity index (χ1n) is 7.47. The molecule has 1 aromatic rings. The van der Waals surface area contributed by atoms with Gasteiger partial charge in [0.15, 0.2) is 0 Å². The molecule has 1 aromatic carbocycles. The minimum Gasteiger partial charge on any atom is -0.370 e. The standard InChI is InChI=1S/C16H26FN3/c1-5-18-12(2)16-14(17)7-6-8-15(16)20-10-9-13(11-20)19(3)4/h6-8,12-13,18H,5,9-11H2,1-4H3. The lowest BCUT2D eigenvalue weighted by molar-refractivity contribution is 0.315. The molecule has 20 heavy (non-hydrogen) atoms. The molecule has 0 amide bonds. The molecule has 0 saturated carbocycles. The number of nitrogens with zero attached hydrogens (tertiary/aromatic N) is 2. The smallest absolute Gasteiger partial charge is 0.130 e. The molecule has 1 aliphatic rings. The average Bonchev–Trinajstić information content (AvgIpc) is 2.88. The molecule has 0 spiro atoms. The van der Waals surface area contributed by atoms with E-state index in [0.29, 0.717) is 6.04 Å². The van der Waals surface area contributed by atoms with Crippen LogP contribution in [0, 0.1) is 5.82 Å². The first kappa shape index (κ1) is 15.3. The lowest BCUT2D eigenvalue weighted by atomic mass is 10.0. The predicted octanol–water partition coefficient (Wildman–Crippen LogP) is 2.64. The minimum absolute atomic E-state index is 0.0367. The van der Waals surface area contributed by atoms with Crippen molar-refractivity contribution < 1.29 is 4.39 Å². The van der Waals surface area contributed by atoms with Gasteiger partial charge in [-0.3, -0.25) is 0 Å². The van der Waals surface area contributed by atoms with Crippen LogP contribution in [0.3, 0.4) is 0 Å². The van der Waals surface area contributed by atoms with E-state index in [1.165, 1.54) is 0 Å². The van der Waals surface area contributed by atoms with E-state index in [2.05, 4.69) is 36.1 Å². The Bertz CT molecular complexity index is 447. The number of hydrogen-bond acceptors (Lipinski definition) is 3. The second-order valence-electron chi connectivity index (χ2n) is 5.80. The minimum atomic E-state index is -0.107. The van der Waals surface area contributed by atoms with Crippen LogP contribution in [0.2, 0.25) is 0 Å². The topological polar surface area (TPSA) is 18.5 Å². The number of rotatable bonds is 5. The molecule has 1 aliphatic heterocycles. The maximum atomic E-state index is 14.3. The lowest BCUT2D eigenvalue weighted by Gasteiger charge is -2.26. The number of benzene rings is 1. The van der Waals surface area contributed by atoms with Gasteiger partial charge in [-0.05, 0) is 46.1 Å². The molecule has 0 bridgehead atoms. The summed E-state index contributed by atoms with van der Waals surface area (Å²) in [7, 11) is 4.23. The first-order chi connectivity index (χ1) is 9.54. The van der Waals surface area contributed by atoms with Crippen LogP contribution in [0.1, 0.15) is 31.9 Å². The summed E-state index contributed by atoms with van der Waals surface area (Å²) in [5.74, 6) is -0.107. The third-order valence-corrected chi connectivity index (χ3v) is 4.21. The summed E-state index contributed by atoms with van der Waals surface area (Å²) < 4.78 is 14.3. The summed E-state index contributed by atoms with van der Waals surface area (Å²) in [5.41, 5.74) is 1.84. The van der Waals surface area contributed by atoms with Gasteiger partial charge in [-0.2, -0.15) is 0 Å². The van der Waals surface area contributed by atoms with Gasteiger partial charge in [0.2, 0.25) is 0 Å². The molecule has 4 heteroatoms. The van der Waals surface area contributed by atoms with Crippen molar-refractivity contribution >= 4 is 5.69 Å². The van der Waals surface area contributed by atoms with E-state index in [0.717, 1.165) is 37.3 Å². The zero-order valence-electron chi connectivity index (χ0n) is 13.0. The number of hydrogen-bond donors (Lipinski definition) is 1. The molecule has 0 aromatic heterocycles. The van der Waals surface area contributed by atoms with Gasteiger partial charge in [-0.1, -0.05) is 13.0 Å². The number of nitrogens with one attached hydrogen (secondary N) is 1. The fraction of sp³-hybridized carbons (Fsp3) is 0.625. The summed E-state index contributed by atoms with van der Waals surface area (Å²) in [4.78, 5) is 4.57. The number of anilines is 1. The second kappa shape index (κ2) is 6.55.